The third kappa shape index (κ3) is 1.65. The van der Waals surface area contributed by atoms with Gasteiger partial charge in [-0.3, -0.25) is 14.3 Å². The highest BCUT2D eigenvalue weighted by molar-refractivity contribution is 8.01. The van der Waals surface area contributed by atoms with Crippen LogP contribution in [0.1, 0.15) is 18.7 Å². The maximum absolute atomic E-state index is 11.9. The molecule has 8 heteroatoms. The summed E-state index contributed by atoms with van der Waals surface area (Å²) >= 11 is 1.48. The summed E-state index contributed by atoms with van der Waals surface area (Å²) in [6, 6.07) is 0. The van der Waals surface area contributed by atoms with Crippen LogP contribution in [0.4, 0.5) is 0 Å². The molecule has 1 aromatic heterocycles. The van der Waals surface area contributed by atoms with Gasteiger partial charge in [-0.05, 0) is 6.92 Å². The Bertz CT molecular complexity index is 656. The van der Waals surface area contributed by atoms with Crippen LogP contribution >= 0.6 is 11.8 Å². The fourth-order valence-corrected chi connectivity index (χ4v) is 4.55. The van der Waals surface area contributed by atoms with Crippen LogP contribution in [-0.2, 0) is 4.74 Å². The van der Waals surface area contributed by atoms with E-state index < -0.39 is 29.2 Å². The van der Waals surface area contributed by atoms with E-state index in [2.05, 4.69) is 4.98 Å². The third-order valence-electron chi connectivity index (χ3n) is 4.15. The van der Waals surface area contributed by atoms with Gasteiger partial charge in [-0.2, -0.15) is 0 Å². The number of nitrogens with one attached hydrogen (secondary N) is 1. The molecule has 0 saturated carbocycles. The number of hydrogen-bond acceptors (Lipinski definition) is 6. The SMILES string of the molecule is Cc1cn([C@@H]2O[C@@]3(CO)[C@H](C)S[C@@H]2[C@@H]3O)c(=O)[nH]c1=O. The normalized spacial score (nSPS) is 39.4. The molecule has 7 nitrogen and oxygen atoms in total. The number of aliphatic hydroxyl groups is 2. The van der Waals surface area contributed by atoms with Crippen LogP contribution in [0.25, 0.3) is 0 Å². The van der Waals surface area contributed by atoms with E-state index >= 15 is 0 Å². The number of hydrogen-bond donors (Lipinski definition) is 3. The van der Waals surface area contributed by atoms with Crippen LogP contribution in [0.2, 0.25) is 0 Å². The number of aliphatic hydroxyl groups excluding tert-OH is 2. The molecule has 0 amide bonds. The first-order chi connectivity index (χ1) is 9.40. The first kappa shape index (κ1) is 13.9. The van der Waals surface area contributed by atoms with Crippen molar-refractivity contribution in [2.75, 3.05) is 6.61 Å². The quantitative estimate of drug-likeness (QED) is 0.645. The Morgan fingerprint density at radius 2 is 2.25 bits per heavy atom. The van der Waals surface area contributed by atoms with Gasteiger partial charge in [-0.25, -0.2) is 4.79 Å². The Kier molecular flexibility index (Phi) is 3.09. The molecule has 20 heavy (non-hydrogen) atoms. The molecule has 3 heterocycles. The van der Waals surface area contributed by atoms with Crippen molar-refractivity contribution < 1.29 is 14.9 Å². The largest absolute Gasteiger partial charge is 0.393 e. The lowest BCUT2D eigenvalue weighted by Gasteiger charge is -2.34. The molecule has 2 aliphatic heterocycles. The Labute approximate surface area is 118 Å². The summed E-state index contributed by atoms with van der Waals surface area (Å²) in [5.74, 6) is 0. The van der Waals surface area contributed by atoms with Gasteiger partial charge in [0.1, 0.15) is 11.7 Å². The van der Waals surface area contributed by atoms with Crippen molar-refractivity contribution in [3.63, 3.8) is 0 Å². The lowest BCUT2D eigenvalue weighted by atomic mass is 9.95. The number of fused-ring (bicyclic) bond motifs is 2. The zero-order valence-corrected chi connectivity index (χ0v) is 11.9. The molecule has 5 atom stereocenters. The van der Waals surface area contributed by atoms with Gasteiger partial charge in [-0.15, -0.1) is 11.8 Å². The lowest BCUT2D eigenvalue weighted by Crippen LogP contribution is -2.48. The average Bonchev–Trinajstić information content (AvgIpc) is 2.81. The lowest BCUT2D eigenvalue weighted by molar-refractivity contribution is -0.127. The minimum absolute atomic E-state index is 0.0664. The molecule has 3 N–H and O–H groups in total. The van der Waals surface area contributed by atoms with Crippen molar-refractivity contribution in [3.8, 4) is 0 Å². The first-order valence-electron chi connectivity index (χ1n) is 6.35. The number of aromatic nitrogens is 2. The van der Waals surface area contributed by atoms with E-state index in [1.54, 1.807) is 6.92 Å². The van der Waals surface area contributed by atoms with Gasteiger partial charge in [0.2, 0.25) is 0 Å². The van der Waals surface area contributed by atoms with E-state index in [1.807, 2.05) is 6.92 Å². The highest BCUT2D eigenvalue weighted by Gasteiger charge is 2.64. The molecule has 0 aliphatic carbocycles. The zero-order chi connectivity index (χ0) is 14.7. The number of aromatic amines is 1. The average molecular weight is 300 g/mol. The molecule has 2 bridgehead atoms. The van der Waals surface area contributed by atoms with Crippen molar-refractivity contribution in [3.05, 3.63) is 32.6 Å². The Morgan fingerprint density at radius 3 is 2.85 bits per heavy atom. The fraction of sp³-hybridized carbons (Fsp3) is 0.667. The number of thioether (sulfide) groups is 1. The minimum Gasteiger partial charge on any atom is -0.393 e. The summed E-state index contributed by atoms with van der Waals surface area (Å²) in [4.78, 5) is 25.5. The Morgan fingerprint density at radius 1 is 1.55 bits per heavy atom. The molecule has 0 radical (unpaired) electrons. The molecule has 2 saturated heterocycles. The second-order valence-corrected chi connectivity index (χ2v) is 6.81. The topological polar surface area (TPSA) is 105 Å². The number of H-pyrrole nitrogens is 1. The van der Waals surface area contributed by atoms with Gasteiger partial charge in [0.25, 0.3) is 5.56 Å². The van der Waals surface area contributed by atoms with E-state index in [-0.39, 0.29) is 17.1 Å². The highest BCUT2D eigenvalue weighted by Crippen LogP contribution is 2.55. The van der Waals surface area contributed by atoms with Crippen LogP contribution in [0.15, 0.2) is 15.8 Å². The summed E-state index contributed by atoms with van der Waals surface area (Å²) in [7, 11) is 0. The third-order valence-corrected chi connectivity index (χ3v) is 5.76. The van der Waals surface area contributed by atoms with Crippen molar-refractivity contribution in [1.29, 1.82) is 0 Å². The molecule has 0 aromatic carbocycles. The molecule has 1 aromatic rings. The smallest absolute Gasteiger partial charge is 0.330 e. The predicted octanol–water partition coefficient (Wildman–Crippen LogP) is -1.03. The number of rotatable bonds is 2. The second kappa shape index (κ2) is 4.45. The number of aryl methyl sites for hydroxylation is 1. The van der Waals surface area contributed by atoms with Gasteiger partial charge < -0.3 is 14.9 Å². The highest BCUT2D eigenvalue weighted by atomic mass is 32.2. The first-order valence-corrected chi connectivity index (χ1v) is 7.29. The zero-order valence-electron chi connectivity index (χ0n) is 11.1. The summed E-state index contributed by atoms with van der Waals surface area (Å²) in [5, 5.41) is 19.5. The molecule has 3 rings (SSSR count). The van der Waals surface area contributed by atoms with Gasteiger partial charge >= 0.3 is 5.69 Å². The van der Waals surface area contributed by atoms with Crippen molar-refractivity contribution >= 4 is 11.8 Å². The van der Waals surface area contributed by atoms with Crippen LogP contribution in [0.5, 0.6) is 0 Å². The summed E-state index contributed by atoms with van der Waals surface area (Å²) in [5.41, 5.74) is -1.68. The van der Waals surface area contributed by atoms with E-state index in [0.29, 0.717) is 5.56 Å². The van der Waals surface area contributed by atoms with E-state index in [0.717, 1.165) is 0 Å². The molecule has 2 aliphatic rings. The van der Waals surface area contributed by atoms with Crippen molar-refractivity contribution in [2.24, 2.45) is 0 Å². The molecule has 2 fully saturated rings. The van der Waals surface area contributed by atoms with Gasteiger partial charge in [0.05, 0.1) is 11.9 Å². The van der Waals surface area contributed by atoms with Crippen LogP contribution in [0, 0.1) is 6.92 Å². The van der Waals surface area contributed by atoms with Gasteiger partial charge in [-0.1, -0.05) is 6.92 Å². The summed E-state index contributed by atoms with van der Waals surface area (Å²) in [6.07, 6.45) is -0.117. The van der Waals surface area contributed by atoms with Gasteiger partial charge in [0.15, 0.2) is 6.23 Å². The predicted molar refractivity (Wildman–Crippen MR) is 72.8 cm³/mol. The van der Waals surface area contributed by atoms with Crippen LogP contribution < -0.4 is 11.2 Å². The maximum atomic E-state index is 11.9. The summed E-state index contributed by atoms with van der Waals surface area (Å²) < 4.78 is 7.08. The minimum atomic E-state index is -1.05. The van der Waals surface area contributed by atoms with Crippen LogP contribution in [0.3, 0.4) is 0 Å². The van der Waals surface area contributed by atoms with E-state index in [4.69, 9.17) is 4.74 Å². The monoisotopic (exact) mass is 300 g/mol. The standard InChI is InChI=1S/C12H16N2O5S/c1-5-3-14(11(18)13-9(5)17)10-7-8(16)12(4-15,19-10)6(2)20-7/h3,6-8,10,15-16H,4H2,1-2H3,(H,13,17,18)/t6-,7+,8-,10+,12-/m0/s1. The second-order valence-electron chi connectivity index (χ2n) is 5.29. The number of ether oxygens (including phenoxy) is 1. The fourth-order valence-electron chi connectivity index (χ4n) is 2.87. The Hall–Kier alpha value is -1.09. The van der Waals surface area contributed by atoms with Crippen LogP contribution in [-0.4, -0.2) is 48.6 Å². The molecule has 110 valence electrons. The number of nitrogens with zero attached hydrogens (tertiary/aromatic N) is 1. The van der Waals surface area contributed by atoms with Crippen molar-refractivity contribution in [1.82, 2.24) is 9.55 Å². The summed E-state index contributed by atoms with van der Waals surface area (Å²) in [6.45, 7) is 3.16. The molecular formula is C12H16N2O5S. The van der Waals surface area contributed by atoms with E-state index in [9.17, 15) is 19.8 Å². The Balaban J connectivity index is 2.05. The van der Waals surface area contributed by atoms with Crippen molar-refractivity contribution in [2.45, 2.75) is 42.3 Å². The maximum Gasteiger partial charge on any atom is 0.330 e. The molecule has 0 unspecified atom stereocenters. The van der Waals surface area contributed by atoms with Gasteiger partial charge in [0, 0.05) is 17.0 Å². The molecule has 0 spiro atoms. The van der Waals surface area contributed by atoms with E-state index in [1.165, 1.54) is 22.5 Å². The molecular weight excluding hydrogens is 284 g/mol.